The van der Waals surface area contributed by atoms with Crippen LogP contribution in [-0.4, -0.2) is 67.3 Å². The van der Waals surface area contributed by atoms with Crippen molar-refractivity contribution in [1.82, 2.24) is 15.2 Å². The van der Waals surface area contributed by atoms with E-state index in [1.54, 1.807) is 43.8 Å². The molecule has 1 fully saturated rings. The molecule has 2 atom stereocenters. The Bertz CT molecular complexity index is 787. The number of carbonyl (C=O) groups is 2. The van der Waals surface area contributed by atoms with Crippen molar-refractivity contribution in [2.75, 3.05) is 33.4 Å². The molecule has 0 unspecified atom stereocenters. The van der Waals surface area contributed by atoms with E-state index in [0.29, 0.717) is 37.6 Å². The van der Waals surface area contributed by atoms with E-state index in [1.165, 1.54) is 4.90 Å². The molecular formula is C21H25N3O5. The molecule has 1 aromatic heterocycles. The number of likely N-dealkylation sites (tertiary alicyclic amines) is 1. The normalized spacial score (nSPS) is 18.3. The minimum atomic E-state index is -0.625. The molecule has 1 aliphatic heterocycles. The minimum absolute atomic E-state index is 0.147. The second kappa shape index (κ2) is 10.4. The van der Waals surface area contributed by atoms with Crippen LogP contribution in [0.2, 0.25) is 0 Å². The van der Waals surface area contributed by atoms with Crippen molar-refractivity contribution < 1.29 is 23.8 Å². The average molecular weight is 399 g/mol. The lowest BCUT2D eigenvalue weighted by molar-refractivity contribution is -0.140. The summed E-state index contributed by atoms with van der Waals surface area (Å²) in [5, 5.41) is 2.80. The highest BCUT2D eigenvalue weighted by Crippen LogP contribution is 2.23. The van der Waals surface area contributed by atoms with E-state index in [-0.39, 0.29) is 24.5 Å². The monoisotopic (exact) mass is 399 g/mol. The maximum absolute atomic E-state index is 12.8. The molecule has 0 spiro atoms. The zero-order valence-electron chi connectivity index (χ0n) is 16.3. The van der Waals surface area contributed by atoms with Crippen LogP contribution in [0.3, 0.4) is 0 Å². The second-order valence-corrected chi connectivity index (χ2v) is 6.61. The molecule has 1 aliphatic rings. The first-order valence-corrected chi connectivity index (χ1v) is 9.48. The molecule has 0 bridgehead atoms. The van der Waals surface area contributed by atoms with Crippen LogP contribution in [0.15, 0.2) is 54.9 Å². The number of hydrogen-bond acceptors (Lipinski definition) is 6. The van der Waals surface area contributed by atoms with Crippen molar-refractivity contribution in [3.63, 3.8) is 0 Å². The molecule has 0 radical (unpaired) electrons. The van der Waals surface area contributed by atoms with E-state index >= 15 is 0 Å². The Morgan fingerprint density at radius 2 is 1.97 bits per heavy atom. The second-order valence-electron chi connectivity index (χ2n) is 6.61. The van der Waals surface area contributed by atoms with Gasteiger partial charge in [-0.15, -0.1) is 0 Å². The van der Waals surface area contributed by atoms with Gasteiger partial charge in [-0.25, -0.2) is 0 Å². The predicted octanol–water partition coefficient (Wildman–Crippen LogP) is 1.27. The van der Waals surface area contributed by atoms with Gasteiger partial charge < -0.3 is 24.4 Å². The van der Waals surface area contributed by atoms with Crippen molar-refractivity contribution >= 4 is 11.8 Å². The Balaban J connectivity index is 1.64. The van der Waals surface area contributed by atoms with Gasteiger partial charge in [0.15, 0.2) is 6.61 Å². The zero-order chi connectivity index (χ0) is 20.5. The fourth-order valence-electron chi connectivity index (χ4n) is 3.16. The molecule has 0 saturated carbocycles. The summed E-state index contributed by atoms with van der Waals surface area (Å²) in [6, 6.07) is 12.0. The molecule has 154 valence electrons. The lowest BCUT2D eigenvalue weighted by atomic mass is 10.2. The molecule has 1 aromatic carbocycles. The average Bonchev–Trinajstić information content (AvgIpc) is 3.17. The first-order valence-electron chi connectivity index (χ1n) is 9.48. The molecule has 3 rings (SSSR count). The van der Waals surface area contributed by atoms with Crippen LogP contribution in [0.5, 0.6) is 11.5 Å². The van der Waals surface area contributed by atoms with Crippen LogP contribution in [0, 0.1) is 0 Å². The summed E-state index contributed by atoms with van der Waals surface area (Å²) in [4.78, 5) is 31.0. The lowest BCUT2D eigenvalue weighted by Crippen LogP contribution is -2.48. The SMILES string of the molecule is COCCNC(=O)[C@@H]1C[C@H](Oc2cccnc2)CN1C(=O)COc1ccccc1. The number of benzene rings is 1. The number of rotatable bonds is 9. The van der Waals surface area contributed by atoms with Gasteiger partial charge in [-0.1, -0.05) is 18.2 Å². The third-order valence-electron chi connectivity index (χ3n) is 4.53. The van der Waals surface area contributed by atoms with Gasteiger partial charge in [0.05, 0.1) is 19.3 Å². The topological polar surface area (TPSA) is 90.0 Å². The molecule has 2 amide bonds. The van der Waals surface area contributed by atoms with Crippen molar-refractivity contribution in [1.29, 1.82) is 0 Å². The lowest BCUT2D eigenvalue weighted by Gasteiger charge is -2.23. The largest absolute Gasteiger partial charge is 0.487 e. The van der Waals surface area contributed by atoms with Crippen molar-refractivity contribution in [2.24, 2.45) is 0 Å². The smallest absolute Gasteiger partial charge is 0.261 e. The minimum Gasteiger partial charge on any atom is -0.487 e. The molecule has 0 aliphatic carbocycles. The number of aromatic nitrogens is 1. The quantitative estimate of drug-likeness (QED) is 0.639. The highest BCUT2D eigenvalue weighted by atomic mass is 16.5. The van der Waals surface area contributed by atoms with E-state index in [4.69, 9.17) is 14.2 Å². The summed E-state index contributed by atoms with van der Waals surface area (Å²) >= 11 is 0. The summed E-state index contributed by atoms with van der Waals surface area (Å²) in [6.07, 6.45) is 3.35. The molecule has 1 N–H and O–H groups in total. The number of nitrogens with zero attached hydrogens (tertiary/aromatic N) is 2. The van der Waals surface area contributed by atoms with Crippen LogP contribution in [0.4, 0.5) is 0 Å². The molecule has 29 heavy (non-hydrogen) atoms. The molecule has 2 heterocycles. The number of methoxy groups -OCH3 is 1. The Hall–Kier alpha value is -3.13. The fourth-order valence-corrected chi connectivity index (χ4v) is 3.16. The number of pyridine rings is 1. The zero-order valence-corrected chi connectivity index (χ0v) is 16.3. The van der Waals surface area contributed by atoms with Gasteiger partial charge in [0, 0.05) is 26.3 Å². The van der Waals surface area contributed by atoms with Crippen LogP contribution < -0.4 is 14.8 Å². The van der Waals surface area contributed by atoms with E-state index in [0.717, 1.165) is 0 Å². The van der Waals surface area contributed by atoms with Gasteiger partial charge in [0.25, 0.3) is 5.91 Å². The third-order valence-corrected chi connectivity index (χ3v) is 4.53. The maximum atomic E-state index is 12.8. The molecule has 2 aromatic rings. The standard InChI is InChI=1S/C21H25N3O5/c1-27-11-10-23-21(26)19-12-18(29-17-8-5-9-22-13-17)14-24(19)20(25)15-28-16-6-3-2-4-7-16/h2-9,13,18-19H,10-12,14-15H2,1H3,(H,23,26)/t18-,19-/m0/s1. The van der Waals surface area contributed by atoms with E-state index in [2.05, 4.69) is 10.3 Å². The van der Waals surface area contributed by atoms with Crippen molar-refractivity contribution in [3.8, 4) is 11.5 Å². The van der Waals surface area contributed by atoms with Gasteiger partial charge in [-0.3, -0.25) is 14.6 Å². The van der Waals surface area contributed by atoms with Gasteiger partial charge in [-0.2, -0.15) is 0 Å². The molecule has 1 saturated heterocycles. The predicted molar refractivity (Wildman–Crippen MR) is 106 cm³/mol. The number of carbonyl (C=O) groups excluding carboxylic acids is 2. The molecule has 8 heteroatoms. The number of para-hydroxylation sites is 1. The van der Waals surface area contributed by atoms with E-state index in [1.807, 2.05) is 18.2 Å². The first kappa shape index (κ1) is 20.6. The van der Waals surface area contributed by atoms with Gasteiger partial charge in [-0.05, 0) is 24.3 Å². The Morgan fingerprint density at radius 1 is 1.17 bits per heavy atom. The van der Waals surface area contributed by atoms with Crippen molar-refractivity contribution in [2.45, 2.75) is 18.6 Å². The van der Waals surface area contributed by atoms with Gasteiger partial charge in [0.1, 0.15) is 23.6 Å². The highest BCUT2D eigenvalue weighted by Gasteiger charge is 2.40. The van der Waals surface area contributed by atoms with E-state index < -0.39 is 6.04 Å². The van der Waals surface area contributed by atoms with Crippen LogP contribution in [-0.2, 0) is 14.3 Å². The Kier molecular flexibility index (Phi) is 7.40. The number of nitrogens with one attached hydrogen (secondary N) is 1. The number of hydrogen-bond donors (Lipinski definition) is 1. The number of ether oxygens (including phenoxy) is 3. The van der Waals surface area contributed by atoms with E-state index in [9.17, 15) is 9.59 Å². The highest BCUT2D eigenvalue weighted by molar-refractivity contribution is 5.89. The fraction of sp³-hybridized carbons (Fsp3) is 0.381. The maximum Gasteiger partial charge on any atom is 0.261 e. The molecular weight excluding hydrogens is 374 g/mol. The third kappa shape index (κ3) is 5.92. The molecule has 8 nitrogen and oxygen atoms in total. The van der Waals surface area contributed by atoms with Crippen LogP contribution >= 0.6 is 0 Å². The van der Waals surface area contributed by atoms with Crippen LogP contribution in [0.25, 0.3) is 0 Å². The summed E-state index contributed by atoms with van der Waals surface area (Å²) in [6.45, 7) is 0.932. The van der Waals surface area contributed by atoms with Gasteiger partial charge >= 0.3 is 0 Å². The summed E-state index contributed by atoms with van der Waals surface area (Å²) in [5.41, 5.74) is 0. The summed E-state index contributed by atoms with van der Waals surface area (Å²) < 4.78 is 16.5. The summed E-state index contributed by atoms with van der Waals surface area (Å²) in [7, 11) is 1.57. The number of amides is 2. The Morgan fingerprint density at radius 3 is 2.69 bits per heavy atom. The van der Waals surface area contributed by atoms with Crippen molar-refractivity contribution in [3.05, 3.63) is 54.9 Å². The summed E-state index contributed by atoms with van der Waals surface area (Å²) in [5.74, 6) is 0.709. The first-order chi connectivity index (χ1) is 14.2. The van der Waals surface area contributed by atoms with Crippen LogP contribution in [0.1, 0.15) is 6.42 Å². The van der Waals surface area contributed by atoms with Gasteiger partial charge in [0.2, 0.25) is 5.91 Å². The Labute approximate surface area is 169 Å².